The second kappa shape index (κ2) is 9.74. The molecule has 1 atom stereocenters. The maximum atomic E-state index is 13.4. The summed E-state index contributed by atoms with van der Waals surface area (Å²) in [6, 6.07) is 17.4. The molecule has 1 aliphatic heterocycles. The molecule has 1 aliphatic rings. The van der Waals surface area contributed by atoms with Crippen molar-refractivity contribution in [3.05, 3.63) is 81.9 Å². The second-order valence-corrected chi connectivity index (χ2v) is 8.56. The van der Waals surface area contributed by atoms with Gasteiger partial charge in [-0.1, -0.05) is 37.3 Å². The summed E-state index contributed by atoms with van der Waals surface area (Å²) < 4.78 is 7.13. The van der Waals surface area contributed by atoms with E-state index < -0.39 is 0 Å². The fourth-order valence-corrected chi connectivity index (χ4v) is 4.64. The number of methoxy groups -OCH3 is 1. The summed E-state index contributed by atoms with van der Waals surface area (Å²) in [5.74, 6) is 1.38. The average molecular weight is 460 g/mol. The molecule has 0 spiro atoms. The molecule has 1 unspecified atom stereocenters. The van der Waals surface area contributed by atoms with Crippen molar-refractivity contribution in [3.63, 3.8) is 0 Å². The van der Waals surface area contributed by atoms with Crippen LogP contribution >= 0.6 is 0 Å². The summed E-state index contributed by atoms with van der Waals surface area (Å²) in [6.07, 6.45) is 0. The number of piperazine rings is 1. The van der Waals surface area contributed by atoms with E-state index in [0.717, 1.165) is 49.2 Å². The van der Waals surface area contributed by atoms with Gasteiger partial charge >= 0.3 is 0 Å². The summed E-state index contributed by atoms with van der Waals surface area (Å²) in [4.78, 5) is 21.2. The number of likely N-dealkylation sites (N-methyl/N-ethyl adjacent to an activating group) is 1. The minimum absolute atomic E-state index is 0.141. The van der Waals surface area contributed by atoms with Gasteiger partial charge in [0.05, 0.1) is 19.2 Å². The van der Waals surface area contributed by atoms with E-state index in [2.05, 4.69) is 49.4 Å². The molecule has 1 saturated heterocycles. The van der Waals surface area contributed by atoms with Crippen LogP contribution in [-0.4, -0.2) is 74.8 Å². The van der Waals surface area contributed by atoms with Gasteiger partial charge in [-0.2, -0.15) is 0 Å². The van der Waals surface area contributed by atoms with Crippen molar-refractivity contribution in [2.24, 2.45) is 0 Å². The Morgan fingerprint density at radius 1 is 1.06 bits per heavy atom. The number of nitrogens with one attached hydrogen (secondary N) is 1. The third kappa shape index (κ3) is 4.44. The number of aromatic nitrogens is 5. The molecule has 0 amide bonds. The van der Waals surface area contributed by atoms with Crippen molar-refractivity contribution in [3.8, 4) is 5.75 Å². The number of tetrazole rings is 1. The number of hydrogen-bond donors (Lipinski definition) is 1. The molecule has 5 rings (SSSR count). The lowest BCUT2D eigenvalue weighted by Crippen LogP contribution is -2.49. The van der Waals surface area contributed by atoms with Crippen LogP contribution in [0.4, 0.5) is 0 Å². The monoisotopic (exact) mass is 459 g/mol. The fourth-order valence-electron chi connectivity index (χ4n) is 4.64. The van der Waals surface area contributed by atoms with Gasteiger partial charge in [0.15, 0.2) is 5.82 Å². The Kier molecular flexibility index (Phi) is 6.37. The van der Waals surface area contributed by atoms with E-state index >= 15 is 0 Å². The smallest absolute Gasteiger partial charge is 0.253 e. The van der Waals surface area contributed by atoms with Gasteiger partial charge in [0.25, 0.3) is 5.56 Å². The molecule has 0 bridgehead atoms. The minimum atomic E-state index is -0.354. The molecular formula is C25H29N7O2. The topological polar surface area (TPSA) is 92.2 Å². The fraction of sp³-hybridized carbons (Fsp3) is 0.360. The Balaban J connectivity index is 1.58. The molecule has 1 fully saturated rings. The predicted molar refractivity (Wildman–Crippen MR) is 130 cm³/mol. The van der Waals surface area contributed by atoms with Crippen LogP contribution in [0.5, 0.6) is 5.75 Å². The molecule has 2 aromatic carbocycles. The largest absolute Gasteiger partial charge is 0.497 e. The van der Waals surface area contributed by atoms with Gasteiger partial charge in [-0.15, -0.1) is 5.10 Å². The SMILES string of the molecule is CCN1CCN(C(c2cc3ccc(OC)cc3[nH]c2=O)c2nnnn2Cc2ccccc2)CC1. The Morgan fingerprint density at radius 3 is 2.59 bits per heavy atom. The number of aromatic amines is 1. The van der Waals surface area contributed by atoms with Crippen LogP contribution in [-0.2, 0) is 6.54 Å². The van der Waals surface area contributed by atoms with E-state index in [1.54, 1.807) is 7.11 Å². The number of rotatable bonds is 7. The van der Waals surface area contributed by atoms with Crippen molar-refractivity contribution >= 4 is 10.9 Å². The van der Waals surface area contributed by atoms with Crippen LogP contribution in [0.2, 0.25) is 0 Å². The number of fused-ring (bicyclic) bond motifs is 1. The Labute approximate surface area is 198 Å². The van der Waals surface area contributed by atoms with Crippen LogP contribution in [0.1, 0.15) is 29.9 Å². The lowest BCUT2D eigenvalue weighted by Gasteiger charge is -2.38. The molecule has 9 heteroatoms. The lowest BCUT2D eigenvalue weighted by molar-refractivity contribution is 0.108. The van der Waals surface area contributed by atoms with E-state index in [1.165, 1.54) is 0 Å². The van der Waals surface area contributed by atoms with Crippen LogP contribution < -0.4 is 10.3 Å². The standard InChI is InChI=1S/C25H29N7O2/c1-3-30-11-13-31(14-12-30)23(24-27-28-29-32(24)17-18-7-5-4-6-8-18)21-15-19-9-10-20(34-2)16-22(19)26-25(21)33/h4-10,15-16,23H,3,11-14,17H2,1-2H3,(H,26,33). The second-order valence-electron chi connectivity index (χ2n) is 8.56. The number of benzene rings is 2. The number of hydrogen-bond acceptors (Lipinski definition) is 7. The molecule has 0 saturated carbocycles. The highest BCUT2D eigenvalue weighted by atomic mass is 16.5. The van der Waals surface area contributed by atoms with Crippen LogP contribution in [0, 0.1) is 0 Å². The average Bonchev–Trinajstić information content (AvgIpc) is 3.32. The third-order valence-electron chi connectivity index (χ3n) is 6.58. The van der Waals surface area contributed by atoms with Crippen LogP contribution in [0.15, 0.2) is 59.4 Å². The molecule has 4 aromatic rings. The zero-order chi connectivity index (χ0) is 23.5. The first-order chi connectivity index (χ1) is 16.7. The molecule has 0 radical (unpaired) electrons. The summed E-state index contributed by atoms with van der Waals surface area (Å²) >= 11 is 0. The highest BCUT2D eigenvalue weighted by molar-refractivity contribution is 5.80. The van der Waals surface area contributed by atoms with Crippen LogP contribution in [0.3, 0.4) is 0 Å². The number of ether oxygens (including phenoxy) is 1. The van der Waals surface area contributed by atoms with Gasteiger partial charge < -0.3 is 14.6 Å². The minimum Gasteiger partial charge on any atom is -0.497 e. The highest BCUT2D eigenvalue weighted by Gasteiger charge is 2.32. The lowest BCUT2D eigenvalue weighted by atomic mass is 10.0. The quantitative estimate of drug-likeness (QED) is 0.453. The summed E-state index contributed by atoms with van der Waals surface area (Å²) in [6.45, 7) is 7.27. The molecule has 176 valence electrons. The van der Waals surface area contributed by atoms with Gasteiger partial charge in [0.2, 0.25) is 0 Å². The molecule has 3 heterocycles. The molecule has 0 aliphatic carbocycles. The van der Waals surface area contributed by atoms with Gasteiger partial charge in [-0.05, 0) is 46.1 Å². The van der Waals surface area contributed by atoms with Gasteiger partial charge in [-0.25, -0.2) is 4.68 Å². The zero-order valence-electron chi connectivity index (χ0n) is 19.5. The van der Waals surface area contributed by atoms with E-state index in [9.17, 15) is 4.79 Å². The van der Waals surface area contributed by atoms with E-state index in [-0.39, 0.29) is 11.6 Å². The molecular weight excluding hydrogens is 430 g/mol. The third-order valence-corrected chi connectivity index (χ3v) is 6.58. The summed E-state index contributed by atoms with van der Waals surface area (Å²) in [5, 5.41) is 13.7. The normalized spacial score (nSPS) is 16.1. The van der Waals surface area contributed by atoms with E-state index in [1.807, 2.05) is 47.1 Å². The van der Waals surface area contributed by atoms with Gasteiger partial charge in [0, 0.05) is 37.8 Å². The Hall–Kier alpha value is -3.56. The van der Waals surface area contributed by atoms with Crippen molar-refractivity contribution < 1.29 is 4.74 Å². The molecule has 1 N–H and O–H groups in total. The maximum Gasteiger partial charge on any atom is 0.253 e. The predicted octanol–water partition coefficient (Wildman–Crippen LogP) is 2.30. The number of H-pyrrole nitrogens is 1. The van der Waals surface area contributed by atoms with E-state index in [4.69, 9.17) is 4.74 Å². The van der Waals surface area contributed by atoms with Crippen molar-refractivity contribution in [1.82, 2.24) is 35.0 Å². The highest BCUT2D eigenvalue weighted by Crippen LogP contribution is 2.29. The van der Waals surface area contributed by atoms with E-state index in [0.29, 0.717) is 23.7 Å². The molecule has 9 nitrogen and oxygen atoms in total. The maximum absolute atomic E-state index is 13.4. The first-order valence-electron chi connectivity index (χ1n) is 11.6. The van der Waals surface area contributed by atoms with Gasteiger partial charge in [-0.3, -0.25) is 9.69 Å². The van der Waals surface area contributed by atoms with Crippen molar-refractivity contribution in [1.29, 1.82) is 0 Å². The van der Waals surface area contributed by atoms with Gasteiger partial charge in [0.1, 0.15) is 11.8 Å². The first-order valence-corrected chi connectivity index (χ1v) is 11.6. The summed E-state index contributed by atoms with van der Waals surface area (Å²) in [5.41, 5.74) is 2.35. The van der Waals surface area contributed by atoms with Crippen molar-refractivity contribution in [2.75, 3.05) is 39.8 Å². The number of pyridine rings is 1. The Morgan fingerprint density at radius 2 is 1.85 bits per heavy atom. The molecule has 34 heavy (non-hydrogen) atoms. The zero-order valence-corrected chi connectivity index (χ0v) is 19.5. The van der Waals surface area contributed by atoms with Crippen LogP contribution in [0.25, 0.3) is 10.9 Å². The summed E-state index contributed by atoms with van der Waals surface area (Å²) in [7, 11) is 1.62. The number of nitrogens with zero attached hydrogens (tertiary/aromatic N) is 6. The molecule has 2 aromatic heterocycles. The first kappa shape index (κ1) is 22.2. The Bertz CT molecular complexity index is 1310. The van der Waals surface area contributed by atoms with Crippen molar-refractivity contribution in [2.45, 2.75) is 19.5 Å².